The predicted molar refractivity (Wildman–Crippen MR) is 84.7 cm³/mol. The second kappa shape index (κ2) is 7.03. The normalized spacial score (nSPS) is 11.7. The lowest BCUT2D eigenvalue weighted by molar-refractivity contribution is -0.384. The number of amides is 2. The van der Waals surface area contributed by atoms with E-state index in [2.05, 4.69) is 5.32 Å². The number of hydrogen-bond donors (Lipinski definition) is 1. The summed E-state index contributed by atoms with van der Waals surface area (Å²) in [7, 11) is 1.47. The van der Waals surface area contributed by atoms with Gasteiger partial charge in [-0.1, -0.05) is 12.1 Å². The fraction of sp³-hybridized carbons (Fsp3) is 0.188. The molecular formula is C16H15F2N3O3. The summed E-state index contributed by atoms with van der Waals surface area (Å²) >= 11 is 0. The summed E-state index contributed by atoms with van der Waals surface area (Å²) in [6, 6.07) is 7.59. The summed E-state index contributed by atoms with van der Waals surface area (Å²) in [6.45, 7) is 1.68. The number of anilines is 1. The van der Waals surface area contributed by atoms with Gasteiger partial charge in [0.15, 0.2) is 0 Å². The molecule has 2 aromatic rings. The fourth-order valence-electron chi connectivity index (χ4n) is 2.09. The van der Waals surface area contributed by atoms with Crippen LogP contribution in [0.15, 0.2) is 42.5 Å². The lowest BCUT2D eigenvalue weighted by Gasteiger charge is -2.25. The average Bonchev–Trinajstić information content (AvgIpc) is 2.56. The van der Waals surface area contributed by atoms with E-state index in [1.54, 1.807) is 13.0 Å². The van der Waals surface area contributed by atoms with E-state index in [9.17, 15) is 23.7 Å². The zero-order valence-corrected chi connectivity index (χ0v) is 13.0. The Morgan fingerprint density at radius 1 is 1.25 bits per heavy atom. The van der Waals surface area contributed by atoms with Gasteiger partial charge in [0.1, 0.15) is 11.6 Å². The number of rotatable bonds is 4. The quantitative estimate of drug-likeness (QED) is 0.675. The maximum atomic E-state index is 13.6. The fourth-order valence-corrected chi connectivity index (χ4v) is 2.09. The number of nitrogens with zero attached hydrogens (tertiary/aromatic N) is 2. The number of halogens is 2. The molecule has 0 spiro atoms. The van der Waals surface area contributed by atoms with Gasteiger partial charge in [-0.25, -0.2) is 13.6 Å². The molecular weight excluding hydrogens is 320 g/mol. The Morgan fingerprint density at radius 3 is 2.58 bits per heavy atom. The van der Waals surface area contributed by atoms with Crippen LogP contribution in [0.2, 0.25) is 0 Å². The molecule has 0 fully saturated rings. The summed E-state index contributed by atoms with van der Waals surface area (Å²) in [6.07, 6.45) is 0. The number of carbonyl (C=O) groups is 1. The van der Waals surface area contributed by atoms with Crippen molar-refractivity contribution in [2.45, 2.75) is 13.0 Å². The van der Waals surface area contributed by atoms with Crippen LogP contribution in [0.1, 0.15) is 18.5 Å². The van der Waals surface area contributed by atoms with E-state index in [0.717, 1.165) is 12.1 Å². The van der Waals surface area contributed by atoms with Gasteiger partial charge in [-0.15, -0.1) is 0 Å². The van der Waals surface area contributed by atoms with Crippen molar-refractivity contribution in [2.24, 2.45) is 0 Å². The van der Waals surface area contributed by atoms with Gasteiger partial charge < -0.3 is 10.2 Å². The Labute approximate surface area is 136 Å². The molecule has 1 atom stereocenters. The average molecular weight is 335 g/mol. The van der Waals surface area contributed by atoms with Crippen LogP contribution < -0.4 is 5.32 Å². The van der Waals surface area contributed by atoms with E-state index in [-0.39, 0.29) is 11.4 Å². The number of nitro benzene ring substituents is 1. The highest BCUT2D eigenvalue weighted by atomic mass is 19.1. The third-order valence-corrected chi connectivity index (χ3v) is 3.64. The van der Waals surface area contributed by atoms with Crippen LogP contribution in [0.3, 0.4) is 0 Å². The van der Waals surface area contributed by atoms with Crippen molar-refractivity contribution < 1.29 is 18.5 Å². The third kappa shape index (κ3) is 3.83. The van der Waals surface area contributed by atoms with Crippen LogP contribution in [-0.4, -0.2) is 22.9 Å². The topological polar surface area (TPSA) is 75.5 Å². The van der Waals surface area contributed by atoms with Crippen molar-refractivity contribution >= 4 is 17.4 Å². The van der Waals surface area contributed by atoms with Gasteiger partial charge in [-0.3, -0.25) is 10.1 Å². The number of hydrogen-bond acceptors (Lipinski definition) is 3. The molecule has 0 saturated carbocycles. The van der Waals surface area contributed by atoms with Gasteiger partial charge in [-0.05, 0) is 24.6 Å². The molecule has 6 nitrogen and oxygen atoms in total. The Kier molecular flexibility index (Phi) is 5.08. The van der Waals surface area contributed by atoms with Crippen molar-refractivity contribution in [1.29, 1.82) is 0 Å². The van der Waals surface area contributed by atoms with Gasteiger partial charge in [0.05, 0.1) is 16.7 Å². The smallest absolute Gasteiger partial charge is 0.321 e. The van der Waals surface area contributed by atoms with Crippen LogP contribution in [0.25, 0.3) is 0 Å². The molecule has 0 aliphatic heterocycles. The predicted octanol–water partition coefficient (Wildman–Crippen LogP) is 4.10. The number of carbonyl (C=O) groups excluding carboxylic acids is 1. The number of non-ortho nitro benzene ring substituents is 1. The van der Waals surface area contributed by atoms with Gasteiger partial charge in [-0.2, -0.15) is 0 Å². The lowest BCUT2D eigenvalue weighted by Crippen LogP contribution is -2.33. The summed E-state index contributed by atoms with van der Waals surface area (Å²) < 4.78 is 26.5. The van der Waals surface area contributed by atoms with E-state index in [1.165, 1.54) is 30.1 Å². The largest absolute Gasteiger partial charge is 0.322 e. The van der Waals surface area contributed by atoms with E-state index in [4.69, 9.17) is 0 Å². The number of urea groups is 1. The zero-order chi connectivity index (χ0) is 17.9. The molecule has 2 amide bonds. The summed E-state index contributed by atoms with van der Waals surface area (Å²) in [5.74, 6) is -1.64. The van der Waals surface area contributed by atoms with E-state index in [1.807, 2.05) is 0 Å². The van der Waals surface area contributed by atoms with Crippen molar-refractivity contribution in [2.75, 3.05) is 12.4 Å². The second-order valence-electron chi connectivity index (χ2n) is 5.19. The summed E-state index contributed by atoms with van der Waals surface area (Å²) in [5, 5.41) is 13.2. The van der Waals surface area contributed by atoms with Crippen LogP contribution in [0, 0.1) is 21.7 Å². The number of nitro groups is 1. The molecule has 1 N–H and O–H groups in total. The van der Waals surface area contributed by atoms with E-state index in [0.29, 0.717) is 11.6 Å². The molecule has 0 unspecified atom stereocenters. The molecule has 0 heterocycles. The van der Waals surface area contributed by atoms with Crippen molar-refractivity contribution in [3.63, 3.8) is 0 Å². The molecule has 2 aromatic carbocycles. The molecule has 0 saturated heterocycles. The van der Waals surface area contributed by atoms with Crippen LogP contribution in [0.4, 0.5) is 25.0 Å². The molecule has 0 aliphatic rings. The molecule has 0 bridgehead atoms. The first-order valence-electron chi connectivity index (χ1n) is 7.03. The van der Waals surface area contributed by atoms with Gasteiger partial charge >= 0.3 is 6.03 Å². The molecule has 24 heavy (non-hydrogen) atoms. The highest BCUT2D eigenvalue weighted by Crippen LogP contribution is 2.24. The maximum absolute atomic E-state index is 13.6. The first-order chi connectivity index (χ1) is 11.3. The first-order valence-corrected chi connectivity index (χ1v) is 7.03. The second-order valence-corrected chi connectivity index (χ2v) is 5.19. The lowest BCUT2D eigenvalue weighted by atomic mass is 10.1. The first kappa shape index (κ1) is 17.3. The van der Waals surface area contributed by atoms with E-state index >= 15 is 0 Å². The Hall–Kier alpha value is -3.03. The highest BCUT2D eigenvalue weighted by Gasteiger charge is 2.20. The number of benzene rings is 2. The standard InChI is InChI=1S/C16H15F2N3O3/c1-10(11-4-3-5-13(8-11)21(23)24)20(2)16(22)19-15-7-6-12(17)9-14(15)18/h3-10H,1-2H3,(H,19,22)/t10-/m0/s1. The van der Waals surface area contributed by atoms with Gasteiger partial charge in [0.2, 0.25) is 0 Å². The minimum absolute atomic E-state index is 0.0854. The Bertz CT molecular complexity index is 783. The van der Waals surface area contributed by atoms with Gasteiger partial charge in [0.25, 0.3) is 5.69 Å². The highest BCUT2D eigenvalue weighted by molar-refractivity contribution is 5.89. The molecule has 126 valence electrons. The molecule has 0 aromatic heterocycles. The van der Waals surface area contributed by atoms with Gasteiger partial charge in [0, 0.05) is 25.2 Å². The zero-order valence-electron chi connectivity index (χ0n) is 13.0. The Morgan fingerprint density at radius 2 is 1.96 bits per heavy atom. The minimum atomic E-state index is -0.889. The third-order valence-electron chi connectivity index (χ3n) is 3.64. The Balaban J connectivity index is 2.14. The maximum Gasteiger partial charge on any atom is 0.322 e. The van der Waals surface area contributed by atoms with Crippen molar-refractivity contribution in [3.05, 3.63) is 69.8 Å². The molecule has 0 radical (unpaired) electrons. The number of nitrogens with one attached hydrogen (secondary N) is 1. The summed E-state index contributed by atoms with van der Waals surface area (Å²) in [5.41, 5.74) is 0.318. The molecule has 2 rings (SSSR count). The van der Waals surface area contributed by atoms with E-state index < -0.39 is 28.6 Å². The van der Waals surface area contributed by atoms with Crippen molar-refractivity contribution in [3.8, 4) is 0 Å². The SMILES string of the molecule is C[C@@H](c1cccc([N+](=O)[O-])c1)N(C)C(=O)Nc1ccc(F)cc1F. The monoisotopic (exact) mass is 335 g/mol. The van der Waals surface area contributed by atoms with Crippen molar-refractivity contribution in [1.82, 2.24) is 4.90 Å². The van der Waals surface area contributed by atoms with Crippen LogP contribution >= 0.6 is 0 Å². The molecule has 8 heteroatoms. The molecule has 0 aliphatic carbocycles. The summed E-state index contributed by atoms with van der Waals surface area (Å²) in [4.78, 5) is 23.8. The van der Waals surface area contributed by atoms with Crippen LogP contribution in [0.5, 0.6) is 0 Å². The minimum Gasteiger partial charge on any atom is -0.321 e. The van der Waals surface area contributed by atoms with Crippen LogP contribution in [-0.2, 0) is 0 Å².